The summed E-state index contributed by atoms with van der Waals surface area (Å²) in [4.78, 5) is 30.0. The van der Waals surface area contributed by atoms with E-state index in [1.54, 1.807) is 23.1 Å². The Morgan fingerprint density at radius 1 is 1.29 bits per heavy atom. The molecule has 0 aromatic heterocycles. The summed E-state index contributed by atoms with van der Waals surface area (Å²) in [6, 6.07) is 5.14. The molecule has 0 radical (unpaired) electrons. The molecule has 8 nitrogen and oxygen atoms in total. The lowest BCUT2D eigenvalue weighted by molar-refractivity contribution is -0.163. The van der Waals surface area contributed by atoms with Gasteiger partial charge in [0.25, 0.3) is 5.91 Å². The predicted molar refractivity (Wildman–Crippen MR) is 114 cm³/mol. The van der Waals surface area contributed by atoms with Crippen LogP contribution in [0.5, 0.6) is 5.75 Å². The second-order valence-corrected chi connectivity index (χ2v) is 9.73. The first-order valence-electron chi connectivity index (χ1n) is 10.7. The Morgan fingerprint density at radius 3 is 2.65 bits per heavy atom. The van der Waals surface area contributed by atoms with Gasteiger partial charge in [-0.2, -0.15) is 0 Å². The van der Waals surface area contributed by atoms with Crippen LogP contribution in [0.1, 0.15) is 52.9 Å². The maximum Gasteiger partial charge on any atom is 0.408 e. The van der Waals surface area contributed by atoms with E-state index in [2.05, 4.69) is 10.2 Å². The summed E-state index contributed by atoms with van der Waals surface area (Å²) >= 11 is 0. The number of hydrogen-bond acceptors (Lipinski definition) is 5. The van der Waals surface area contributed by atoms with E-state index in [9.17, 15) is 9.59 Å². The zero-order valence-corrected chi connectivity index (χ0v) is 18.3. The minimum Gasteiger partial charge on any atom is -0.482 e. The number of benzene rings is 1. The van der Waals surface area contributed by atoms with Crippen molar-refractivity contribution in [2.75, 3.05) is 24.7 Å². The van der Waals surface area contributed by atoms with Crippen molar-refractivity contribution in [3.63, 3.8) is 0 Å². The van der Waals surface area contributed by atoms with Crippen LogP contribution < -0.4 is 15.0 Å². The van der Waals surface area contributed by atoms with Gasteiger partial charge in [0.05, 0.1) is 30.0 Å². The largest absolute Gasteiger partial charge is 0.482 e. The summed E-state index contributed by atoms with van der Waals surface area (Å²) in [5.74, 6) is 0.511. The van der Waals surface area contributed by atoms with Crippen LogP contribution in [0.25, 0.3) is 4.85 Å². The van der Waals surface area contributed by atoms with E-state index in [1.165, 1.54) is 0 Å². The van der Waals surface area contributed by atoms with E-state index in [0.29, 0.717) is 36.7 Å². The first-order chi connectivity index (χ1) is 14.6. The third-order valence-electron chi connectivity index (χ3n) is 6.34. The Hall–Kier alpha value is -2.79. The monoisotopic (exact) mass is 427 g/mol. The predicted octanol–water partition coefficient (Wildman–Crippen LogP) is 3.96. The number of hydrogen-bond donors (Lipinski definition) is 1. The van der Waals surface area contributed by atoms with Crippen LogP contribution in [-0.4, -0.2) is 48.5 Å². The summed E-state index contributed by atoms with van der Waals surface area (Å²) < 4.78 is 17.2. The molecule has 5 rings (SSSR count). The van der Waals surface area contributed by atoms with Crippen molar-refractivity contribution in [2.45, 2.75) is 69.6 Å². The number of carbonyl (C=O) groups is 2. The van der Waals surface area contributed by atoms with Crippen molar-refractivity contribution in [1.82, 2.24) is 5.32 Å². The molecule has 1 saturated carbocycles. The molecule has 8 heteroatoms. The van der Waals surface area contributed by atoms with Crippen LogP contribution in [0.15, 0.2) is 18.2 Å². The molecule has 31 heavy (non-hydrogen) atoms. The van der Waals surface area contributed by atoms with Crippen molar-refractivity contribution >= 4 is 23.4 Å². The minimum atomic E-state index is -0.539. The zero-order valence-electron chi connectivity index (χ0n) is 18.3. The summed E-state index contributed by atoms with van der Waals surface area (Å²) in [6.45, 7) is 13.7. The van der Waals surface area contributed by atoms with Gasteiger partial charge in [-0.25, -0.2) is 9.64 Å². The van der Waals surface area contributed by atoms with Gasteiger partial charge in [0.15, 0.2) is 12.3 Å². The zero-order chi connectivity index (χ0) is 22.3. The molecule has 1 aliphatic carbocycles. The van der Waals surface area contributed by atoms with Crippen LogP contribution in [-0.2, 0) is 14.3 Å². The topological polar surface area (TPSA) is 81.5 Å². The fourth-order valence-corrected chi connectivity index (χ4v) is 4.59. The van der Waals surface area contributed by atoms with Gasteiger partial charge < -0.3 is 24.4 Å². The van der Waals surface area contributed by atoms with Crippen molar-refractivity contribution in [3.05, 3.63) is 29.6 Å². The quantitative estimate of drug-likeness (QED) is 0.736. The molecule has 0 spiro atoms. The number of carbonyl (C=O) groups excluding carboxylic acids is 2. The van der Waals surface area contributed by atoms with Crippen LogP contribution in [0.3, 0.4) is 0 Å². The third-order valence-corrected chi connectivity index (χ3v) is 6.34. The van der Waals surface area contributed by atoms with Crippen LogP contribution in [0.4, 0.5) is 16.2 Å². The number of rotatable bonds is 4. The second kappa shape index (κ2) is 7.72. The maximum absolute atomic E-state index is 12.5. The van der Waals surface area contributed by atoms with E-state index in [1.807, 2.05) is 20.8 Å². The van der Waals surface area contributed by atoms with Crippen LogP contribution >= 0.6 is 0 Å². The lowest BCUT2D eigenvalue weighted by Crippen LogP contribution is -2.63. The highest BCUT2D eigenvalue weighted by atomic mass is 16.6. The Balaban J connectivity index is 1.39. The molecule has 0 unspecified atom stereocenters. The van der Waals surface area contributed by atoms with Gasteiger partial charge in [0, 0.05) is 6.54 Å². The number of amides is 2. The summed E-state index contributed by atoms with van der Waals surface area (Å²) in [5, 5.41) is 3.04. The molecular weight excluding hydrogens is 398 g/mol. The van der Waals surface area contributed by atoms with Gasteiger partial charge >= 0.3 is 6.09 Å². The van der Waals surface area contributed by atoms with Gasteiger partial charge in [0.1, 0.15) is 11.4 Å². The molecule has 2 amide bonds. The second-order valence-electron chi connectivity index (χ2n) is 9.73. The highest BCUT2D eigenvalue weighted by Gasteiger charge is 2.51. The molecule has 3 heterocycles. The maximum atomic E-state index is 12.5. The Bertz CT molecular complexity index is 906. The van der Waals surface area contributed by atoms with Gasteiger partial charge in [-0.05, 0) is 65.0 Å². The fourth-order valence-electron chi connectivity index (χ4n) is 4.59. The normalized spacial score (nSPS) is 27.2. The van der Waals surface area contributed by atoms with E-state index in [-0.39, 0.29) is 23.7 Å². The number of alkyl carbamates (subject to hydrolysis) is 1. The molecular formula is C23H29N3O5. The molecule has 4 aliphatic rings. The smallest absolute Gasteiger partial charge is 0.408 e. The average molecular weight is 428 g/mol. The first kappa shape index (κ1) is 21.4. The molecule has 2 bridgehead atoms. The van der Waals surface area contributed by atoms with Gasteiger partial charge in [-0.15, -0.1) is 0 Å². The van der Waals surface area contributed by atoms with E-state index in [4.69, 9.17) is 20.8 Å². The van der Waals surface area contributed by atoms with Crippen molar-refractivity contribution in [1.29, 1.82) is 0 Å². The highest BCUT2D eigenvalue weighted by molar-refractivity contribution is 5.98. The third kappa shape index (κ3) is 4.47. The van der Waals surface area contributed by atoms with E-state index in [0.717, 1.165) is 25.7 Å². The minimum absolute atomic E-state index is 0.00113. The summed E-state index contributed by atoms with van der Waals surface area (Å²) in [5.41, 5.74) is -0.0924. The number of fused-ring (bicyclic) bond motifs is 4. The van der Waals surface area contributed by atoms with Gasteiger partial charge in [-0.1, -0.05) is 6.07 Å². The first-order valence-corrected chi connectivity index (χ1v) is 10.7. The number of nitrogens with one attached hydrogen (secondary N) is 1. The fraction of sp³-hybridized carbons (Fsp3) is 0.609. The highest BCUT2D eigenvalue weighted by Crippen LogP contribution is 2.46. The van der Waals surface area contributed by atoms with E-state index >= 15 is 0 Å². The molecule has 3 aliphatic heterocycles. The van der Waals surface area contributed by atoms with Crippen LogP contribution in [0, 0.1) is 6.57 Å². The molecule has 1 aromatic carbocycles. The SMILES string of the molecule is [C-]#[N+]c1ccc2c(c1)N(CCC13CCC(NC(=O)OC(C)(C)C)(CC1)CO3)C(=O)CO2. The molecule has 3 fully saturated rings. The number of nitrogens with zero attached hydrogens (tertiary/aromatic N) is 2. The average Bonchev–Trinajstić information content (AvgIpc) is 2.72. The molecule has 2 saturated heterocycles. The summed E-state index contributed by atoms with van der Waals surface area (Å²) in [6.07, 6.45) is 3.57. The number of ether oxygens (including phenoxy) is 3. The summed E-state index contributed by atoms with van der Waals surface area (Å²) in [7, 11) is 0. The lowest BCUT2D eigenvalue weighted by Gasteiger charge is -2.53. The lowest BCUT2D eigenvalue weighted by atomic mass is 9.70. The van der Waals surface area contributed by atoms with Crippen LogP contribution in [0.2, 0.25) is 0 Å². The molecule has 1 aromatic rings. The molecule has 166 valence electrons. The standard InChI is InChI=1S/C23H29N3O5/c1-21(2,3)31-20(28)25-22-7-9-23(10-8-22,30-15-22)11-12-26-17-13-16(24-4)5-6-18(17)29-14-19(26)27/h5-6,13H,7-12,14-15H2,1-3H3,(H,25,28). The molecule has 0 atom stereocenters. The Labute approximate surface area is 182 Å². The van der Waals surface area contributed by atoms with Gasteiger partial charge in [-0.3, -0.25) is 4.79 Å². The molecule has 1 N–H and O–H groups in total. The Kier molecular flexibility index (Phi) is 5.34. The van der Waals surface area contributed by atoms with Crippen molar-refractivity contribution < 1.29 is 23.8 Å². The van der Waals surface area contributed by atoms with Gasteiger partial charge in [0.2, 0.25) is 0 Å². The number of anilines is 1. The Morgan fingerprint density at radius 2 is 2.03 bits per heavy atom. The van der Waals surface area contributed by atoms with Crippen molar-refractivity contribution in [3.8, 4) is 5.75 Å². The van der Waals surface area contributed by atoms with Crippen molar-refractivity contribution in [2.24, 2.45) is 0 Å². The van der Waals surface area contributed by atoms with E-state index < -0.39 is 11.7 Å².